The van der Waals surface area contributed by atoms with Gasteiger partial charge in [-0.05, 0) is 25.1 Å². The van der Waals surface area contributed by atoms with Crippen LogP contribution in [-0.2, 0) is 4.74 Å². The summed E-state index contributed by atoms with van der Waals surface area (Å²) in [6.07, 6.45) is 0. The first-order valence-corrected chi connectivity index (χ1v) is 6.00. The molecular formula is C13H12F2N2O4. The fourth-order valence-corrected chi connectivity index (χ4v) is 1.61. The van der Waals surface area contributed by atoms with Crippen LogP contribution in [-0.4, -0.2) is 24.2 Å². The highest BCUT2D eigenvalue weighted by Gasteiger charge is 2.20. The van der Waals surface area contributed by atoms with Crippen molar-refractivity contribution in [3.63, 3.8) is 0 Å². The van der Waals surface area contributed by atoms with E-state index >= 15 is 0 Å². The van der Waals surface area contributed by atoms with E-state index in [1.54, 1.807) is 13.0 Å². The number of nitrogens with zero attached hydrogens (tertiary/aromatic N) is 1. The van der Waals surface area contributed by atoms with Crippen molar-refractivity contribution in [1.82, 2.24) is 4.98 Å². The Bertz CT molecular complexity index is 643. The van der Waals surface area contributed by atoms with Crippen LogP contribution in [0.25, 0.3) is 11.5 Å². The van der Waals surface area contributed by atoms with Crippen LogP contribution in [0.4, 0.5) is 14.7 Å². The van der Waals surface area contributed by atoms with Gasteiger partial charge in [-0.1, -0.05) is 6.07 Å². The van der Waals surface area contributed by atoms with E-state index in [9.17, 15) is 13.6 Å². The number of alkyl halides is 2. The molecule has 1 aromatic carbocycles. The first kappa shape index (κ1) is 14.8. The van der Waals surface area contributed by atoms with Crippen LogP contribution < -0.4 is 10.5 Å². The molecule has 0 spiro atoms. The van der Waals surface area contributed by atoms with E-state index in [0.29, 0.717) is 5.56 Å². The molecule has 2 aromatic rings. The molecule has 0 aliphatic carbocycles. The zero-order valence-corrected chi connectivity index (χ0v) is 11.0. The van der Waals surface area contributed by atoms with Gasteiger partial charge in [-0.3, -0.25) is 0 Å². The van der Waals surface area contributed by atoms with Gasteiger partial charge in [0.25, 0.3) is 0 Å². The largest absolute Gasteiger partial charge is 0.461 e. The van der Waals surface area contributed by atoms with E-state index in [0.717, 1.165) is 0 Å². The number of carbonyl (C=O) groups excluding carboxylic acids is 1. The van der Waals surface area contributed by atoms with E-state index in [1.165, 1.54) is 18.2 Å². The summed E-state index contributed by atoms with van der Waals surface area (Å²) >= 11 is 0. The maximum absolute atomic E-state index is 12.2. The predicted molar refractivity (Wildman–Crippen MR) is 68.9 cm³/mol. The topological polar surface area (TPSA) is 87.6 Å². The highest BCUT2D eigenvalue weighted by Crippen LogP contribution is 2.27. The third-order valence-electron chi connectivity index (χ3n) is 2.43. The summed E-state index contributed by atoms with van der Waals surface area (Å²) in [5.74, 6) is -0.971. The number of carbonyl (C=O) groups is 1. The molecule has 1 aromatic heterocycles. The van der Waals surface area contributed by atoms with Gasteiger partial charge in [-0.25, -0.2) is 4.79 Å². The number of nitrogens with two attached hydrogens (primary N) is 1. The molecule has 21 heavy (non-hydrogen) atoms. The summed E-state index contributed by atoms with van der Waals surface area (Å²) in [4.78, 5) is 15.5. The van der Waals surface area contributed by atoms with Crippen molar-refractivity contribution in [1.29, 1.82) is 0 Å². The Balaban J connectivity index is 2.30. The number of oxazole rings is 1. The van der Waals surface area contributed by atoms with Crippen LogP contribution in [0.1, 0.15) is 17.4 Å². The number of rotatable bonds is 5. The van der Waals surface area contributed by atoms with Crippen molar-refractivity contribution < 1.29 is 27.5 Å². The van der Waals surface area contributed by atoms with E-state index in [-0.39, 0.29) is 29.8 Å². The molecule has 0 atom stereocenters. The van der Waals surface area contributed by atoms with Gasteiger partial charge in [-0.15, -0.1) is 0 Å². The maximum Gasteiger partial charge on any atom is 0.387 e. The molecule has 0 aliphatic rings. The third-order valence-corrected chi connectivity index (χ3v) is 2.43. The smallest absolute Gasteiger partial charge is 0.387 e. The molecule has 6 nitrogen and oxygen atoms in total. The van der Waals surface area contributed by atoms with Crippen LogP contribution in [0.2, 0.25) is 0 Å². The number of halogens is 2. The summed E-state index contributed by atoms with van der Waals surface area (Å²) in [7, 11) is 0. The Kier molecular flexibility index (Phi) is 4.36. The van der Waals surface area contributed by atoms with Crippen LogP contribution >= 0.6 is 0 Å². The molecule has 0 fully saturated rings. The summed E-state index contributed by atoms with van der Waals surface area (Å²) in [6.45, 7) is -1.14. The van der Waals surface area contributed by atoms with Gasteiger partial charge >= 0.3 is 12.6 Å². The molecule has 0 radical (unpaired) electrons. The molecular weight excluding hydrogens is 286 g/mol. The molecule has 0 amide bonds. The second-order valence-corrected chi connectivity index (χ2v) is 3.86. The quantitative estimate of drug-likeness (QED) is 0.854. The zero-order chi connectivity index (χ0) is 15.4. The van der Waals surface area contributed by atoms with Gasteiger partial charge in [0.05, 0.1) is 6.61 Å². The lowest BCUT2D eigenvalue weighted by molar-refractivity contribution is -0.0498. The number of aromatic nitrogens is 1. The molecule has 0 unspecified atom stereocenters. The SMILES string of the molecule is CCOC(=O)c1nc(-c2cccc(OC(F)F)c2)oc1N. The minimum absolute atomic E-state index is 0.00951. The second-order valence-electron chi connectivity index (χ2n) is 3.86. The van der Waals surface area contributed by atoms with E-state index in [2.05, 4.69) is 9.72 Å². The zero-order valence-electron chi connectivity index (χ0n) is 11.0. The molecule has 8 heteroatoms. The van der Waals surface area contributed by atoms with Crippen LogP contribution in [0, 0.1) is 0 Å². The van der Waals surface area contributed by atoms with Gasteiger partial charge in [0.1, 0.15) is 5.75 Å². The summed E-state index contributed by atoms with van der Waals surface area (Å²) < 4.78 is 38.5. The Morgan fingerprint density at radius 2 is 2.24 bits per heavy atom. The predicted octanol–water partition coefficient (Wildman–Crippen LogP) is 2.70. The number of ether oxygens (including phenoxy) is 2. The first-order chi connectivity index (χ1) is 10.0. The number of anilines is 1. The van der Waals surface area contributed by atoms with Gasteiger partial charge in [0, 0.05) is 5.56 Å². The Morgan fingerprint density at radius 3 is 2.90 bits per heavy atom. The summed E-state index contributed by atoms with van der Waals surface area (Å²) in [5.41, 5.74) is 5.73. The molecule has 0 saturated heterocycles. The lowest BCUT2D eigenvalue weighted by Crippen LogP contribution is -2.07. The highest BCUT2D eigenvalue weighted by atomic mass is 19.3. The van der Waals surface area contributed by atoms with E-state index in [4.69, 9.17) is 14.9 Å². The number of benzene rings is 1. The van der Waals surface area contributed by atoms with E-state index in [1.807, 2.05) is 0 Å². The third kappa shape index (κ3) is 3.47. The monoisotopic (exact) mass is 298 g/mol. The van der Waals surface area contributed by atoms with Crippen molar-refractivity contribution in [3.8, 4) is 17.2 Å². The number of hydrogen-bond donors (Lipinski definition) is 1. The molecule has 2 rings (SSSR count). The summed E-state index contributed by atoms with van der Waals surface area (Å²) in [5, 5.41) is 0. The molecule has 0 saturated carbocycles. The molecule has 0 aliphatic heterocycles. The molecule has 1 heterocycles. The average molecular weight is 298 g/mol. The number of hydrogen-bond acceptors (Lipinski definition) is 6. The van der Waals surface area contributed by atoms with Gasteiger partial charge in [0.15, 0.2) is 0 Å². The lowest BCUT2D eigenvalue weighted by Gasteiger charge is -2.04. The highest BCUT2D eigenvalue weighted by molar-refractivity contribution is 5.92. The lowest BCUT2D eigenvalue weighted by atomic mass is 10.2. The Labute approximate surface area is 118 Å². The number of esters is 1. The molecule has 0 bridgehead atoms. The fourth-order valence-electron chi connectivity index (χ4n) is 1.61. The number of nitrogen functional groups attached to an aromatic ring is 1. The van der Waals surface area contributed by atoms with Gasteiger partial charge in [0.2, 0.25) is 17.5 Å². The minimum Gasteiger partial charge on any atom is -0.461 e. The van der Waals surface area contributed by atoms with Crippen molar-refractivity contribution in [2.24, 2.45) is 0 Å². The Morgan fingerprint density at radius 1 is 1.48 bits per heavy atom. The van der Waals surface area contributed by atoms with Crippen molar-refractivity contribution >= 4 is 11.9 Å². The first-order valence-electron chi connectivity index (χ1n) is 6.00. The van der Waals surface area contributed by atoms with Crippen molar-refractivity contribution in [2.75, 3.05) is 12.3 Å². The van der Waals surface area contributed by atoms with Gasteiger partial charge in [-0.2, -0.15) is 13.8 Å². The maximum atomic E-state index is 12.2. The van der Waals surface area contributed by atoms with E-state index < -0.39 is 12.6 Å². The van der Waals surface area contributed by atoms with Gasteiger partial charge < -0.3 is 19.6 Å². The molecule has 2 N–H and O–H groups in total. The fraction of sp³-hybridized carbons (Fsp3) is 0.231. The second kappa shape index (κ2) is 6.21. The average Bonchev–Trinajstić information content (AvgIpc) is 2.81. The standard InChI is InChI=1S/C13H12F2N2O4/c1-2-19-12(18)9-10(16)21-11(17-9)7-4-3-5-8(6-7)20-13(14)15/h3-6,13H,2,16H2,1H3. The normalized spacial score (nSPS) is 10.7. The summed E-state index contributed by atoms with van der Waals surface area (Å²) in [6, 6.07) is 5.69. The van der Waals surface area contributed by atoms with Crippen LogP contribution in [0.3, 0.4) is 0 Å². The molecule has 112 valence electrons. The van der Waals surface area contributed by atoms with Crippen LogP contribution in [0.15, 0.2) is 28.7 Å². The Hall–Kier alpha value is -2.64. The minimum atomic E-state index is -2.94. The van der Waals surface area contributed by atoms with Crippen molar-refractivity contribution in [3.05, 3.63) is 30.0 Å². The van der Waals surface area contributed by atoms with Crippen LogP contribution in [0.5, 0.6) is 5.75 Å². The van der Waals surface area contributed by atoms with Crippen molar-refractivity contribution in [2.45, 2.75) is 13.5 Å².